The SMILES string of the molecule is CC(C)C1CCCCC1C1(C(C)C)CCCCC1. The quantitative estimate of drug-likeness (QED) is 0.571. The van der Waals surface area contributed by atoms with Crippen molar-refractivity contribution in [2.75, 3.05) is 0 Å². The molecule has 2 saturated carbocycles. The second kappa shape index (κ2) is 5.97. The van der Waals surface area contributed by atoms with Gasteiger partial charge in [-0.05, 0) is 54.8 Å². The summed E-state index contributed by atoms with van der Waals surface area (Å²) in [4.78, 5) is 0. The van der Waals surface area contributed by atoms with Crippen LogP contribution in [0.1, 0.15) is 85.5 Å². The van der Waals surface area contributed by atoms with E-state index in [1.807, 2.05) is 0 Å². The summed E-state index contributed by atoms with van der Waals surface area (Å²) in [5.41, 5.74) is 0.702. The molecule has 0 saturated heterocycles. The predicted octanol–water partition coefficient (Wildman–Crippen LogP) is 6.06. The fraction of sp³-hybridized carbons (Fsp3) is 1.00. The van der Waals surface area contributed by atoms with Crippen molar-refractivity contribution in [1.29, 1.82) is 0 Å². The smallest absolute Gasteiger partial charge is 0.0243 e. The molecule has 2 atom stereocenters. The highest BCUT2D eigenvalue weighted by Crippen LogP contribution is 2.55. The van der Waals surface area contributed by atoms with Crippen molar-refractivity contribution < 1.29 is 0 Å². The Bertz CT molecular complexity index is 245. The highest BCUT2D eigenvalue weighted by Gasteiger charge is 2.46. The zero-order chi connectivity index (χ0) is 13.2. The molecule has 0 nitrogen and oxygen atoms in total. The molecule has 2 aliphatic carbocycles. The van der Waals surface area contributed by atoms with Crippen molar-refractivity contribution in [3.8, 4) is 0 Å². The van der Waals surface area contributed by atoms with E-state index < -0.39 is 0 Å². The Kier molecular flexibility index (Phi) is 4.78. The molecule has 2 fully saturated rings. The average molecular weight is 250 g/mol. The van der Waals surface area contributed by atoms with Crippen molar-refractivity contribution in [1.82, 2.24) is 0 Å². The maximum atomic E-state index is 2.51. The van der Waals surface area contributed by atoms with Gasteiger partial charge in [0.2, 0.25) is 0 Å². The minimum absolute atomic E-state index is 0.702. The molecule has 0 radical (unpaired) electrons. The fourth-order valence-corrected chi connectivity index (χ4v) is 5.26. The molecular formula is C18H34. The van der Waals surface area contributed by atoms with Gasteiger partial charge < -0.3 is 0 Å². The van der Waals surface area contributed by atoms with E-state index >= 15 is 0 Å². The minimum Gasteiger partial charge on any atom is -0.0625 e. The fourth-order valence-electron chi connectivity index (χ4n) is 5.26. The monoisotopic (exact) mass is 250 g/mol. The van der Waals surface area contributed by atoms with Gasteiger partial charge in [0, 0.05) is 0 Å². The molecule has 0 spiro atoms. The molecule has 0 heterocycles. The van der Waals surface area contributed by atoms with Gasteiger partial charge in [-0.15, -0.1) is 0 Å². The van der Waals surface area contributed by atoms with Crippen molar-refractivity contribution in [2.45, 2.75) is 85.5 Å². The number of hydrogen-bond donors (Lipinski definition) is 0. The summed E-state index contributed by atoms with van der Waals surface area (Å²) in [6, 6.07) is 0. The van der Waals surface area contributed by atoms with Gasteiger partial charge in [-0.2, -0.15) is 0 Å². The van der Waals surface area contributed by atoms with E-state index in [0.29, 0.717) is 5.41 Å². The molecule has 0 aromatic carbocycles. The van der Waals surface area contributed by atoms with Crippen LogP contribution in [0, 0.1) is 29.1 Å². The first-order valence-corrected chi connectivity index (χ1v) is 8.58. The molecule has 18 heavy (non-hydrogen) atoms. The molecule has 0 bridgehead atoms. The van der Waals surface area contributed by atoms with Crippen molar-refractivity contribution in [3.05, 3.63) is 0 Å². The lowest BCUT2D eigenvalue weighted by Gasteiger charge is -2.52. The van der Waals surface area contributed by atoms with E-state index in [9.17, 15) is 0 Å². The highest BCUT2D eigenvalue weighted by atomic mass is 14.5. The molecule has 0 heteroatoms. The van der Waals surface area contributed by atoms with Crippen LogP contribution in [0.2, 0.25) is 0 Å². The van der Waals surface area contributed by atoms with Gasteiger partial charge >= 0.3 is 0 Å². The molecule has 0 aliphatic heterocycles. The molecule has 2 aliphatic rings. The Labute approximate surface area is 115 Å². The van der Waals surface area contributed by atoms with Crippen LogP contribution in [-0.2, 0) is 0 Å². The summed E-state index contributed by atoms with van der Waals surface area (Å²) < 4.78 is 0. The van der Waals surface area contributed by atoms with E-state index in [4.69, 9.17) is 0 Å². The van der Waals surface area contributed by atoms with Crippen LogP contribution in [0.5, 0.6) is 0 Å². The van der Waals surface area contributed by atoms with E-state index in [1.54, 1.807) is 0 Å². The third-order valence-corrected chi connectivity index (χ3v) is 6.35. The molecule has 0 aromatic rings. The molecular weight excluding hydrogens is 216 g/mol. The van der Waals surface area contributed by atoms with Crippen LogP contribution in [-0.4, -0.2) is 0 Å². The molecule has 0 N–H and O–H groups in total. The summed E-state index contributed by atoms with van der Waals surface area (Å²) >= 11 is 0. The third-order valence-electron chi connectivity index (χ3n) is 6.35. The van der Waals surface area contributed by atoms with Gasteiger partial charge in [0.05, 0.1) is 0 Å². The zero-order valence-corrected chi connectivity index (χ0v) is 13.2. The third kappa shape index (κ3) is 2.63. The van der Waals surface area contributed by atoms with Crippen molar-refractivity contribution in [2.24, 2.45) is 29.1 Å². The van der Waals surface area contributed by atoms with Crippen LogP contribution < -0.4 is 0 Å². The first-order valence-electron chi connectivity index (χ1n) is 8.58. The first kappa shape index (κ1) is 14.4. The van der Waals surface area contributed by atoms with E-state index in [1.165, 1.54) is 57.8 Å². The van der Waals surface area contributed by atoms with Crippen LogP contribution in [0.4, 0.5) is 0 Å². The maximum absolute atomic E-state index is 2.51. The first-order chi connectivity index (χ1) is 8.58. The standard InChI is InChI=1S/C18H34/c1-14(2)16-10-6-7-11-17(16)18(15(3)4)12-8-5-9-13-18/h14-17H,5-13H2,1-4H3. The minimum atomic E-state index is 0.702. The predicted molar refractivity (Wildman–Crippen MR) is 80.6 cm³/mol. The lowest BCUT2D eigenvalue weighted by atomic mass is 9.53. The van der Waals surface area contributed by atoms with Gasteiger partial charge in [-0.3, -0.25) is 0 Å². The Balaban J connectivity index is 2.22. The van der Waals surface area contributed by atoms with E-state index in [-0.39, 0.29) is 0 Å². The second-order valence-corrected chi connectivity index (χ2v) is 7.75. The summed E-state index contributed by atoms with van der Waals surface area (Å²) in [5.74, 6) is 3.83. The largest absolute Gasteiger partial charge is 0.0625 e. The Morgan fingerprint density at radius 3 is 1.94 bits per heavy atom. The van der Waals surface area contributed by atoms with E-state index in [0.717, 1.165) is 23.7 Å². The van der Waals surface area contributed by atoms with E-state index in [2.05, 4.69) is 27.7 Å². The topological polar surface area (TPSA) is 0 Å². The van der Waals surface area contributed by atoms with Crippen LogP contribution in [0.25, 0.3) is 0 Å². The lowest BCUT2D eigenvalue weighted by molar-refractivity contribution is -0.0285. The normalized spacial score (nSPS) is 33.0. The van der Waals surface area contributed by atoms with Gasteiger partial charge in [0.25, 0.3) is 0 Å². The Morgan fingerprint density at radius 1 is 0.778 bits per heavy atom. The highest BCUT2D eigenvalue weighted by molar-refractivity contribution is 4.96. The van der Waals surface area contributed by atoms with Gasteiger partial charge in [0.1, 0.15) is 0 Å². The van der Waals surface area contributed by atoms with Gasteiger partial charge in [-0.1, -0.05) is 59.8 Å². The molecule has 0 amide bonds. The maximum Gasteiger partial charge on any atom is -0.0243 e. The number of rotatable bonds is 3. The van der Waals surface area contributed by atoms with Gasteiger partial charge in [0.15, 0.2) is 0 Å². The summed E-state index contributed by atoms with van der Waals surface area (Å²) in [5, 5.41) is 0. The Hall–Kier alpha value is 0. The Morgan fingerprint density at radius 2 is 1.39 bits per heavy atom. The van der Waals surface area contributed by atoms with Crippen LogP contribution >= 0.6 is 0 Å². The van der Waals surface area contributed by atoms with Crippen LogP contribution in [0.3, 0.4) is 0 Å². The average Bonchev–Trinajstić information content (AvgIpc) is 2.39. The van der Waals surface area contributed by atoms with Gasteiger partial charge in [-0.25, -0.2) is 0 Å². The molecule has 0 aromatic heterocycles. The lowest BCUT2D eigenvalue weighted by Crippen LogP contribution is -2.44. The summed E-state index contributed by atoms with van der Waals surface area (Å²) in [7, 11) is 0. The molecule has 2 unspecified atom stereocenters. The second-order valence-electron chi connectivity index (χ2n) is 7.75. The van der Waals surface area contributed by atoms with Crippen LogP contribution in [0.15, 0.2) is 0 Å². The summed E-state index contributed by atoms with van der Waals surface area (Å²) in [6.45, 7) is 9.97. The summed E-state index contributed by atoms with van der Waals surface area (Å²) in [6.07, 6.45) is 13.6. The molecule has 106 valence electrons. The number of hydrogen-bond acceptors (Lipinski definition) is 0. The van der Waals surface area contributed by atoms with Crippen molar-refractivity contribution in [3.63, 3.8) is 0 Å². The van der Waals surface area contributed by atoms with Crippen molar-refractivity contribution >= 4 is 0 Å². The molecule has 2 rings (SSSR count). The zero-order valence-electron chi connectivity index (χ0n) is 13.2.